The third-order valence-corrected chi connectivity index (χ3v) is 6.80. The van der Waals surface area contributed by atoms with Gasteiger partial charge in [0.15, 0.2) is 0 Å². The predicted octanol–water partition coefficient (Wildman–Crippen LogP) is 3.84. The van der Waals surface area contributed by atoms with Crippen LogP contribution in [-0.4, -0.2) is 48.2 Å². The molecule has 6 heteroatoms. The molecule has 2 aliphatic rings. The highest BCUT2D eigenvalue weighted by Crippen LogP contribution is 2.42. The first kappa shape index (κ1) is 20.8. The predicted molar refractivity (Wildman–Crippen MR) is 114 cm³/mol. The quantitative estimate of drug-likeness (QED) is 0.556. The Bertz CT molecular complexity index is 717. The maximum atomic E-state index is 13.2. The molecule has 1 aliphatic carbocycles. The van der Waals surface area contributed by atoms with Gasteiger partial charge in [0.1, 0.15) is 12.3 Å². The van der Waals surface area contributed by atoms with Gasteiger partial charge in [-0.25, -0.2) is 0 Å². The monoisotopic (exact) mass is 402 g/mol. The van der Waals surface area contributed by atoms with Crippen molar-refractivity contribution in [2.45, 2.75) is 56.7 Å². The third-order valence-electron chi connectivity index (χ3n) is 5.40. The largest absolute Gasteiger partial charge is 0.497 e. The van der Waals surface area contributed by atoms with Gasteiger partial charge >= 0.3 is 0 Å². The molecule has 1 heterocycles. The zero-order valence-electron chi connectivity index (χ0n) is 16.8. The number of benzene rings is 1. The summed E-state index contributed by atoms with van der Waals surface area (Å²) < 4.78 is 5.21. The fourth-order valence-electron chi connectivity index (χ4n) is 3.83. The molecule has 3 rings (SSSR count). The first-order chi connectivity index (χ1) is 13.6. The molecular weight excluding hydrogens is 372 g/mol. The van der Waals surface area contributed by atoms with Crippen LogP contribution in [0.1, 0.15) is 51.0 Å². The van der Waals surface area contributed by atoms with Crippen LogP contribution in [-0.2, 0) is 9.59 Å². The van der Waals surface area contributed by atoms with E-state index in [1.807, 2.05) is 35.2 Å². The van der Waals surface area contributed by atoms with E-state index in [9.17, 15) is 9.59 Å². The second-order valence-electron chi connectivity index (χ2n) is 7.43. The Hall–Kier alpha value is -1.95. The van der Waals surface area contributed by atoms with E-state index < -0.39 is 0 Å². The van der Waals surface area contributed by atoms with E-state index in [1.165, 1.54) is 6.42 Å². The van der Waals surface area contributed by atoms with E-state index >= 15 is 0 Å². The molecular formula is C22H30N2O3S. The fraction of sp³-hybridized carbons (Fsp3) is 0.545. The first-order valence-corrected chi connectivity index (χ1v) is 11.1. The van der Waals surface area contributed by atoms with Gasteiger partial charge in [-0.1, -0.05) is 38.3 Å². The minimum Gasteiger partial charge on any atom is -0.497 e. The molecule has 1 aromatic rings. The smallest absolute Gasteiger partial charge is 0.261 e. The molecule has 28 heavy (non-hydrogen) atoms. The van der Waals surface area contributed by atoms with E-state index in [4.69, 9.17) is 4.74 Å². The van der Waals surface area contributed by atoms with Gasteiger partial charge in [0.05, 0.1) is 12.0 Å². The number of fused-ring (bicyclic) bond motifs is 1. The maximum Gasteiger partial charge on any atom is 0.261 e. The Kier molecular flexibility index (Phi) is 7.43. The van der Waals surface area contributed by atoms with Crippen LogP contribution in [0.4, 0.5) is 0 Å². The average molecular weight is 403 g/mol. The highest BCUT2D eigenvalue weighted by molar-refractivity contribution is 8.04. The molecule has 0 aromatic heterocycles. The van der Waals surface area contributed by atoms with E-state index in [2.05, 4.69) is 12.2 Å². The lowest BCUT2D eigenvalue weighted by molar-refractivity contribution is -0.135. The number of methoxy groups -OCH3 is 1. The van der Waals surface area contributed by atoms with Gasteiger partial charge in [0.25, 0.3) is 5.91 Å². The number of ether oxygens (including phenoxy) is 1. The van der Waals surface area contributed by atoms with Crippen molar-refractivity contribution >= 4 is 29.7 Å². The molecule has 0 spiro atoms. The first-order valence-electron chi connectivity index (χ1n) is 10.2. The van der Waals surface area contributed by atoms with Crippen LogP contribution >= 0.6 is 11.8 Å². The Morgan fingerprint density at radius 2 is 2.04 bits per heavy atom. The minimum atomic E-state index is -0.0539. The van der Waals surface area contributed by atoms with Gasteiger partial charge in [-0.15, -0.1) is 11.8 Å². The molecule has 1 saturated carbocycles. The molecule has 5 nitrogen and oxygen atoms in total. The second kappa shape index (κ2) is 10.0. The summed E-state index contributed by atoms with van der Waals surface area (Å²) in [6, 6.07) is 7.86. The van der Waals surface area contributed by atoms with Crippen molar-refractivity contribution < 1.29 is 14.3 Å². The van der Waals surface area contributed by atoms with Crippen molar-refractivity contribution in [2.24, 2.45) is 0 Å². The van der Waals surface area contributed by atoms with Gasteiger partial charge < -0.3 is 15.0 Å². The maximum absolute atomic E-state index is 13.2. The SMILES string of the molecule is CCCCNC(=O)CN1C(=O)/C(=C/c2ccc(OC)cc2)SC2CCCCC21. The number of hydrogen-bond donors (Lipinski definition) is 1. The molecule has 1 aromatic carbocycles. The molecule has 0 radical (unpaired) electrons. The Morgan fingerprint density at radius 3 is 2.75 bits per heavy atom. The van der Waals surface area contributed by atoms with E-state index in [0.717, 1.165) is 48.3 Å². The number of thioether (sulfide) groups is 1. The summed E-state index contributed by atoms with van der Waals surface area (Å²) in [6.45, 7) is 2.93. The van der Waals surface area contributed by atoms with Crippen LogP contribution in [0.25, 0.3) is 6.08 Å². The lowest BCUT2D eigenvalue weighted by atomic mass is 9.93. The standard InChI is InChI=1S/C22H30N2O3S/c1-3-4-13-23-21(25)15-24-18-7-5-6-8-19(18)28-20(22(24)26)14-16-9-11-17(27-2)12-10-16/h9-12,14,18-19H,3-8,13,15H2,1-2H3,(H,23,25)/b20-14-. The Balaban J connectivity index is 1.77. The zero-order valence-corrected chi connectivity index (χ0v) is 17.6. The summed E-state index contributed by atoms with van der Waals surface area (Å²) in [5, 5.41) is 3.33. The lowest BCUT2D eigenvalue weighted by Gasteiger charge is -2.43. The van der Waals surface area contributed by atoms with Crippen LogP contribution in [0.5, 0.6) is 5.75 Å². The van der Waals surface area contributed by atoms with Gasteiger partial charge in [0, 0.05) is 17.8 Å². The second-order valence-corrected chi connectivity index (χ2v) is 8.71. The number of nitrogens with zero attached hydrogens (tertiary/aromatic N) is 1. The van der Waals surface area contributed by atoms with Gasteiger partial charge in [0.2, 0.25) is 5.91 Å². The lowest BCUT2D eigenvalue weighted by Crippen LogP contribution is -2.54. The highest BCUT2D eigenvalue weighted by Gasteiger charge is 2.41. The summed E-state index contributed by atoms with van der Waals surface area (Å²) in [7, 11) is 1.64. The van der Waals surface area contributed by atoms with Crippen molar-refractivity contribution in [3.05, 3.63) is 34.7 Å². The Labute approximate surface area is 171 Å². The third kappa shape index (κ3) is 5.10. The van der Waals surface area contributed by atoms with Crippen molar-refractivity contribution in [2.75, 3.05) is 20.2 Å². The molecule has 2 amide bonds. The summed E-state index contributed by atoms with van der Waals surface area (Å²) in [4.78, 5) is 28.1. The summed E-state index contributed by atoms with van der Waals surface area (Å²) in [5.74, 6) is 0.721. The number of rotatable bonds is 7. The zero-order chi connectivity index (χ0) is 19.9. The fourth-order valence-corrected chi connectivity index (χ4v) is 5.30. The molecule has 2 atom stereocenters. The highest BCUT2D eigenvalue weighted by atomic mass is 32.2. The van der Waals surface area contributed by atoms with Crippen LogP contribution in [0.15, 0.2) is 29.2 Å². The molecule has 1 N–H and O–H groups in total. The van der Waals surface area contributed by atoms with Crippen LogP contribution < -0.4 is 10.1 Å². The normalized spacial score (nSPS) is 23.4. The van der Waals surface area contributed by atoms with E-state index in [1.54, 1.807) is 18.9 Å². The van der Waals surface area contributed by atoms with Gasteiger partial charge in [-0.05, 0) is 43.0 Å². The average Bonchev–Trinajstić information content (AvgIpc) is 2.72. The van der Waals surface area contributed by atoms with E-state index in [-0.39, 0.29) is 24.4 Å². The summed E-state index contributed by atoms with van der Waals surface area (Å²) >= 11 is 1.69. The van der Waals surface area contributed by atoms with Crippen LogP contribution in [0.3, 0.4) is 0 Å². The molecule has 1 saturated heterocycles. The molecule has 1 aliphatic heterocycles. The molecule has 0 bridgehead atoms. The summed E-state index contributed by atoms with van der Waals surface area (Å²) in [5.41, 5.74) is 0.971. The molecule has 2 unspecified atom stereocenters. The topological polar surface area (TPSA) is 58.6 Å². The van der Waals surface area contributed by atoms with Crippen LogP contribution in [0.2, 0.25) is 0 Å². The van der Waals surface area contributed by atoms with Crippen molar-refractivity contribution in [1.29, 1.82) is 0 Å². The van der Waals surface area contributed by atoms with Crippen LogP contribution in [0, 0.1) is 0 Å². The number of amides is 2. The molecule has 152 valence electrons. The number of carbonyl (C=O) groups is 2. The van der Waals surface area contributed by atoms with Crippen molar-refractivity contribution in [1.82, 2.24) is 10.2 Å². The van der Waals surface area contributed by atoms with Crippen molar-refractivity contribution in [3.63, 3.8) is 0 Å². The van der Waals surface area contributed by atoms with E-state index in [0.29, 0.717) is 11.8 Å². The number of carbonyl (C=O) groups excluding carboxylic acids is 2. The Morgan fingerprint density at radius 1 is 1.29 bits per heavy atom. The van der Waals surface area contributed by atoms with Gasteiger partial charge in [-0.2, -0.15) is 0 Å². The number of unbranched alkanes of at least 4 members (excludes halogenated alkanes) is 1. The van der Waals surface area contributed by atoms with Gasteiger partial charge in [-0.3, -0.25) is 9.59 Å². The summed E-state index contributed by atoms with van der Waals surface area (Å²) in [6.07, 6.45) is 8.34. The number of nitrogens with one attached hydrogen (secondary N) is 1. The van der Waals surface area contributed by atoms with Crippen molar-refractivity contribution in [3.8, 4) is 5.75 Å². The number of hydrogen-bond acceptors (Lipinski definition) is 4. The minimum absolute atomic E-state index is 0.0189. The molecule has 2 fully saturated rings.